The predicted octanol–water partition coefficient (Wildman–Crippen LogP) is 8.05. The minimum atomic E-state index is -0.184. The molecule has 6 heterocycles. The Morgan fingerprint density at radius 3 is 1.41 bits per heavy atom. The predicted molar refractivity (Wildman–Crippen MR) is 179 cm³/mol. The highest BCUT2D eigenvalue weighted by Gasteiger charge is 2.38. The lowest BCUT2D eigenvalue weighted by molar-refractivity contribution is 0.105. The first-order chi connectivity index (χ1) is 21.5. The molecule has 0 N–H and O–H groups in total. The molecule has 0 radical (unpaired) electrons. The molecule has 0 spiro atoms. The van der Waals surface area contributed by atoms with E-state index in [1.807, 2.05) is 59.3 Å². The van der Waals surface area contributed by atoms with Crippen molar-refractivity contribution in [2.24, 2.45) is 0 Å². The number of nitrogens with zero attached hydrogens (tertiary/aromatic N) is 4. The molecule has 0 amide bonds. The number of allylic oxidation sites excluding steroid dienone is 4. The van der Waals surface area contributed by atoms with E-state index in [9.17, 15) is 20.1 Å². The number of hydrogen-bond donors (Lipinski definition) is 0. The molecule has 0 saturated heterocycles. The maximum absolute atomic E-state index is 13.7. The number of thiophene rings is 6. The zero-order chi connectivity index (χ0) is 30.3. The largest absolute Gasteiger partial charge is 0.288 e. The molecule has 2 aliphatic carbocycles. The number of Topliss-reactive ketones (excluding diaryl/α,β-unsaturated/α-hetero) is 2. The standard InChI is InChI=1S/C32H8N4O2S6/c1-35-13(11-33)21-23(27(37)31-25(21)29-19(43-31)7-9-39-29)17-5-3-15(41-17)16-4-6-18(42-16)24-22(14(12-34)36-2)26-30-20(8-10-40-30)44-32(26)28(24)38/h3-10H/b16-15+,21-13-,22-14+,23-17+,24-18+. The normalized spacial score (nSPS) is 19.5. The van der Waals surface area contributed by atoms with Crippen LogP contribution in [0.15, 0.2) is 58.6 Å². The molecule has 8 rings (SSSR count). The summed E-state index contributed by atoms with van der Waals surface area (Å²) in [7, 11) is 0. The highest BCUT2D eigenvalue weighted by Crippen LogP contribution is 2.51. The highest BCUT2D eigenvalue weighted by atomic mass is 32.1. The summed E-state index contributed by atoms with van der Waals surface area (Å²) < 4.78 is 6.77. The van der Waals surface area contributed by atoms with E-state index in [1.165, 1.54) is 68.0 Å². The van der Waals surface area contributed by atoms with Crippen molar-refractivity contribution in [3.63, 3.8) is 0 Å². The van der Waals surface area contributed by atoms with Gasteiger partial charge in [-0.2, -0.15) is 0 Å². The minimum absolute atomic E-state index is 0.107. The fourth-order valence-electron chi connectivity index (χ4n) is 5.55. The van der Waals surface area contributed by atoms with Crippen LogP contribution in [0.2, 0.25) is 0 Å². The van der Waals surface area contributed by atoms with Crippen LogP contribution in [0.1, 0.15) is 30.5 Å². The van der Waals surface area contributed by atoms with Crippen LogP contribution < -0.4 is 9.06 Å². The number of carbonyl (C=O) groups is 2. The van der Waals surface area contributed by atoms with Crippen molar-refractivity contribution in [1.29, 1.82) is 10.5 Å². The van der Waals surface area contributed by atoms with E-state index in [4.69, 9.17) is 13.1 Å². The quantitative estimate of drug-likeness (QED) is 0.121. The lowest BCUT2D eigenvalue weighted by Crippen LogP contribution is -2.06. The third-order valence-corrected chi connectivity index (χ3v) is 14.1. The average Bonchev–Trinajstić information content (AvgIpc) is 3.85. The second-order valence-electron chi connectivity index (χ2n) is 9.47. The molecule has 0 unspecified atom stereocenters. The van der Waals surface area contributed by atoms with E-state index in [-0.39, 0.29) is 23.0 Å². The monoisotopic (exact) mass is 672 g/mol. The zero-order valence-corrected chi connectivity index (χ0v) is 26.6. The summed E-state index contributed by atoms with van der Waals surface area (Å²) in [6.07, 6.45) is 0. The number of rotatable bonds is 0. The summed E-state index contributed by atoms with van der Waals surface area (Å²) >= 11 is 8.53. The van der Waals surface area contributed by atoms with Gasteiger partial charge in [0.1, 0.15) is 0 Å². The van der Waals surface area contributed by atoms with Crippen molar-refractivity contribution in [2.75, 3.05) is 0 Å². The van der Waals surface area contributed by atoms with Crippen LogP contribution >= 0.6 is 68.0 Å². The Hall–Kier alpha value is -4.76. The van der Waals surface area contributed by atoms with Crippen molar-refractivity contribution in [1.82, 2.24) is 0 Å². The first kappa shape index (κ1) is 26.8. The Labute approximate surface area is 271 Å². The van der Waals surface area contributed by atoms with Gasteiger partial charge in [0.25, 0.3) is 11.4 Å². The topological polar surface area (TPSA) is 90.4 Å². The number of hydrogen-bond acceptors (Lipinski definition) is 10. The molecule has 6 aromatic rings. The van der Waals surface area contributed by atoms with Crippen LogP contribution in [0.3, 0.4) is 0 Å². The number of ketones is 2. The van der Waals surface area contributed by atoms with Crippen LogP contribution in [-0.2, 0) is 0 Å². The molecular weight excluding hydrogens is 665 g/mol. The van der Waals surface area contributed by atoms with E-state index < -0.39 is 0 Å². The number of nitriles is 2. The number of fused-ring (bicyclic) bond motifs is 6. The second-order valence-corrected chi connectivity index (χ2v) is 15.6. The molecule has 6 aromatic heterocycles. The third kappa shape index (κ3) is 3.56. The van der Waals surface area contributed by atoms with Crippen LogP contribution in [0, 0.1) is 44.9 Å². The van der Waals surface area contributed by atoms with E-state index in [0.29, 0.717) is 52.2 Å². The SMILES string of the molecule is [C-]#[N+]/C(C#N)=C1\C(=c2\cc/c(=c3/cc/c(=C4\C(=O)c5sc6ccsc6c5\C4=C(\C#N)[N+]#[C-])s3)s2)C(=O)c2sc3ccsc3c21. The van der Waals surface area contributed by atoms with Crippen molar-refractivity contribution in [3.8, 4) is 12.1 Å². The van der Waals surface area contributed by atoms with Gasteiger partial charge in [-0.3, -0.25) is 9.59 Å². The lowest BCUT2D eigenvalue weighted by Gasteiger charge is -2.01. The van der Waals surface area contributed by atoms with E-state index >= 15 is 0 Å². The molecule has 0 fully saturated rings. The molecule has 0 atom stereocenters. The summed E-state index contributed by atoms with van der Waals surface area (Å²) in [6.45, 7) is 15.3. The van der Waals surface area contributed by atoms with Crippen molar-refractivity contribution >= 4 is 121 Å². The Balaban J connectivity index is 1.38. The average molecular weight is 673 g/mol. The first-order valence-electron chi connectivity index (χ1n) is 12.6. The summed E-state index contributed by atoms with van der Waals surface area (Å²) in [4.78, 5) is 35.5. The van der Waals surface area contributed by atoms with Gasteiger partial charge >= 0.3 is 0 Å². The van der Waals surface area contributed by atoms with Gasteiger partial charge in [-0.25, -0.2) is 20.2 Å². The molecule has 44 heavy (non-hydrogen) atoms. The van der Waals surface area contributed by atoms with Crippen LogP contribution in [-0.4, -0.2) is 11.6 Å². The smallest absolute Gasteiger partial charge is 0.270 e. The minimum Gasteiger partial charge on any atom is -0.288 e. The van der Waals surface area contributed by atoms with Crippen molar-refractivity contribution in [2.45, 2.75) is 0 Å². The van der Waals surface area contributed by atoms with E-state index in [0.717, 1.165) is 27.9 Å². The Morgan fingerprint density at radius 1 is 0.614 bits per heavy atom. The molecule has 6 nitrogen and oxygen atoms in total. The molecule has 2 aliphatic rings. The van der Waals surface area contributed by atoms with Crippen molar-refractivity contribution < 1.29 is 9.59 Å². The first-order valence-corrected chi connectivity index (χ1v) is 17.6. The number of carbonyl (C=O) groups excluding carboxylic acids is 2. The Morgan fingerprint density at radius 2 is 1.02 bits per heavy atom. The fourth-order valence-corrected chi connectivity index (χ4v) is 12.4. The molecule has 12 heteroatoms. The molecule has 0 aliphatic heterocycles. The third-order valence-electron chi connectivity index (χ3n) is 7.31. The van der Waals surface area contributed by atoms with Crippen molar-refractivity contribution in [3.05, 3.63) is 120 Å². The second kappa shape index (κ2) is 9.89. The highest BCUT2D eigenvalue weighted by molar-refractivity contribution is 7.30. The molecule has 0 saturated carbocycles. The molecule has 0 aromatic carbocycles. The van der Waals surface area contributed by atoms with Gasteiger partial charge in [-0.1, -0.05) is 0 Å². The van der Waals surface area contributed by atoms with Gasteiger partial charge in [0.05, 0.1) is 44.4 Å². The van der Waals surface area contributed by atoms with Gasteiger partial charge < -0.3 is 0 Å². The molecule has 204 valence electrons. The van der Waals surface area contributed by atoms with E-state index in [2.05, 4.69) is 9.69 Å². The maximum Gasteiger partial charge on any atom is 0.270 e. The van der Waals surface area contributed by atoms with Gasteiger partial charge in [0.15, 0.2) is 0 Å². The Bertz CT molecular complexity index is 2590. The van der Waals surface area contributed by atoms with E-state index in [1.54, 1.807) is 0 Å². The van der Waals surface area contributed by atoms with Crippen LogP contribution in [0.25, 0.3) is 50.8 Å². The molecule has 0 bridgehead atoms. The van der Waals surface area contributed by atoms with Gasteiger partial charge in [0, 0.05) is 60.9 Å². The van der Waals surface area contributed by atoms with Gasteiger partial charge in [-0.05, 0) is 47.2 Å². The summed E-state index contributed by atoms with van der Waals surface area (Å²) in [5.41, 5.74) is 2.67. The zero-order valence-electron chi connectivity index (χ0n) is 21.7. The summed E-state index contributed by atoms with van der Waals surface area (Å²) in [5, 5.41) is 23.5. The van der Waals surface area contributed by atoms with Gasteiger partial charge in [0.2, 0.25) is 11.6 Å². The molecular formula is C32H8N4O2S6. The summed E-state index contributed by atoms with van der Waals surface area (Å²) in [5.74, 6) is -0.368. The van der Waals surface area contributed by atoms with Crippen LogP contribution in [0.5, 0.6) is 0 Å². The van der Waals surface area contributed by atoms with Gasteiger partial charge in [-0.15, -0.1) is 68.0 Å². The lowest BCUT2D eigenvalue weighted by atomic mass is 10.0. The summed E-state index contributed by atoms with van der Waals surface area (Å²) in [6, 6.07) is 15.4. The fraction of sp³-hybridized carbons (Fsp3) is 0. The van der Waals surface area contributed by atoms with Crippen LogP contribution in [0.4, 0.5) is 0 Å². The maximum atomic E-state index is 13.7. The Kier molecular flexibility index (Phi) is 6.03.